The van der Waals surface area contributed by atoms with Crippen LogP contribution in [0.15, 0.2) is 48.5 Å². The van der Waals surface area contributed by atoms with E-state index in [1.165, 1.54) is 6.07 Å². The van der Waals surface area contributed by atoms with Crippen LogP contribution >= 0.6 is 0 Å². The summed E-state index contributed by atoms with van der Waals surface area (Å²) in [4.78, 5) is 13.8. The molecule has 2 unspecified atom stereocenters. The predicted molar refractivity (Wildman–Crippen MR) is 102 cm³/mol. The van der Waals surface area contributed by atoms with E-state index in [9.17, 15) is 19.8 Å². The molecule has 0 saturated heterocycles. The maximum Gasteiger partial charge on any atom is 0.273 e. The molecule has 0 aliphatic rings. The maximum absolute atomic E-state index is 12.5. The van der Waals surface area contributed by atoms with E-state index < -0.39 is 21.7 Å². The third-order valence-electron chi connectivity index (χ3n) is 4.33. The first kappa shape index (κ1) is 18.4. The van der Waals surface area contributed by atoms with Crippen molar-refractivity contribution in [3.63, 3.8) is 0 Å². The topological polar surface area (TPSA) is 102 Å². The van der Waals surface area contributed by atoms with Crippen LogP contribution in [0.2, 0.25) is 0 Å². The molecule has 6 nitrogen and oxygen atoms in total. The van der Waals surface area contributed by atoms with Crippen LogP contribution in [0.5, 0.6) is 0 Å². The zero-order valence-corrected chi connectivity index (χ0v) is 15.4. The van der Waals surface area contributed by atoms with E-state index in [0.717, 1.165) is 5.56 Å². The molecule has 2 N–H and O–H groups in total. The number of aliphatic hydroxyl groups is 1. The Kier molecular flexibility index (Phi) is 5.04. The molecule has 0 bridgehead atoms. The molecule has 0 radical (unpaired) electrons. The largest absolute Gasteiger partial charge is 0.616 e. The molecule has 7 heteroatoms. The molecule has 2 aromatic carbocycles. The van der Waals surface area contributed by atoms with Crippen molar-refractivity contribution in [3.05, 3.63) is 75.5 Å². The highest BCUT2D eigenvalue weighted by molar-refractivity contribution is 7.90. The van der Waals surface area contributed by atoms with Crippen LogP contribution in [0.3, 0.4) is 0 Å². The molecule has 0 saturated carbocycles. The van der Waals surface area contributed by atoms with Gasteiger partial charge in [-0.25, -0.2) is 0 Å². The Bertz CT molecular complexity index is 937. The first-order chi connectivity index (χ1) is 12.3. The van der Waals surface area contributed by atoms with Gasteiger partial charge in [-0.1, -0.05) is 30.3 Å². The SMILES string of the molecule is Cc1cc2[nH]c(C(C)(O)C[S+]([O-])Cc3ccccc3)cc2cc1[N+](=O)[O-]. The first-order valence-electron chi connectivity index (χ1n) is 8.16. The van der Waals surface area contributed by atoms with E-state index >= 15 is 0 Å². The summed E-state index contributed by atoms with van der Waals surface area (Å²) in [7, 11) is 0. The van der Waals surface area contributed by atoms with Crippen LogP contribution in [0, 0.1) is 17.0 Å². The van der Waals surface area contributed by atoms with Crippen molar-refractivity contribution in [2.75, 3.05) is 5.75 Å². The van der Waals surface area contributed by atoms with Gasteiger partial charge in [-0.05, 0) is 37.2 Å². The fraction of sp³-hybridized carbons (Fsp3) is 0.263. The Morgan fingerprint density at radius 2 is 1.92 bits per heavy atom. The predicted octanol–water partition coefficient (Wildman–Crippen LogP) is 3.54. The van der Waals surface area contributed by atoms with Gasteiger partial charge in [0.25, 0.3) is 5.69 Å². The zero-order valence-electron chi connectivity index (χ0n) is 14.6. The van der Waals surface area contributed by atoms with E-state index in [2.05, 4.69) is 4.98 Å². The minimum atomic E-state index is -1.33. The van der Waals surface area contributed by atoms with Gasteiger partial charge in [-0.2, -0.15) is 0 Å². The number of hydrogen-bond donors (Lipinski definition) is 2. The summed E-state index contributed by atoms with van der Waals surface area (Å²) in [6, 6.07) is 14.3. The van der Waals surface area contributed by atoms with Gasteiger partial charge >= 0.3 is 0 Å². The second-order valence-corrected chi connectivity index (χ2v) is 8.11. The highest BCUT2D eigenvalue weighted by atomic mass is 32.2. The van der Waals surface area contributed by atoms with Crippen molar-refractivity contribution >= 4 is 27.8 Å². The Morgan fingerprint density at radius 1 is 1.23 bits per heavy atom. The normalized spacial score (nSPS) is 14.9. The van der Waals surface area contributed by atoms with Crippen LogP contribution in [-0.4, -0.2) is 25.3 Å². The molecular formula is C19H20N2O4S. The van der Waals surface area contributed by atoms with E-state index in [1.807, 2.05) is 30.3 Å². The third-order valence-corrected chi connectivity index (χ3v) is 5.87. The van der Waals surface area contributed by atoms with Crippen molar-refractivity contribution in [2.24, 2.45) is 0 Å². The number of rotatable bonds is 6. The third kappa shape index (κ3) is 3.90. The lowest BCUT2D eigenvalue weighted by Crippen LogP contribution is -2.32. The molecule has 1 heterocycles. The Morgan fingerprint density at radius 3 is 2.58 bits per heavy atom. The molecule has 136 valence electrons. The number of hydrogen-bond acceptors (Lipinski definition) is 4. The van der Waals surface area contributed by atoms with Crippen molar-refractivity contribution in [3.8, 4) is 0 Å². The molecular weight excluding hydrogens is 352 g/mol. The van der Waals surface area contributed by atoms with Crippen LogP contribution in [0.1, 0.15) is 23.7 Å². The van der Waals surface area contributed by atoms with Gasteiger partial charge in [-0.3, -0.25) is 10.1 Å². The number of H-pyrrole nitrogens is 1. The van der Waals surface area contributed by atoms with Gasteiger partial charge in [0.1, 0.15) is 17.1 Å². The van der Waals surface area contributed by atoms with Crippen molar-refractivity contribution in [1.29, 1.82) is 0 Å². The Hall–Kier alpha value is -2.35. The van der Waals surface area contributed by atoms with Crippen molar-refractivity contribution in [1.82, 2.24) is 4.98 Å². The van der Waals surface area contributed by atoms with Gasteiger partial charge < -0.3 is 14.6 Å². The lowest BCUT2D eigenvalue weighted by atomic mass is 10.1. The fourth-order valence-electron chi connectivity index (χ4n) is 2.97. The van der Waals surface area contributed by atoms with Crippen LogP contribution in [0.25, 0.3) is 10.9 Å². The lowest BCUT2D eigenvalue weighted by Gasteiger charge is -2.23. The quantitative estimate of drug-likeness (QED) is 0.392. The summed E-state index contributed by atoms with van der Waals surface area (Å²) >= 11 is -1.26. The minimum absolute atomic E-state index is 0.0374. The standard InChI is InChI=1S/C19H20N2O4S/c1-13-8-16-15(9-17(13)21(23)24)10-18(20-16)19(2,22)12-26(25)11-14-6-4-3-5-7-14/h3-10,20,22H,11-12H2,1-2H3. The molecule has 0 fully saturated rings. The maximum atomic E-state index is 12.5. The van der Waals surface area contributed by atoms with Crippen LogP contribution < -0.4 is 0 Å². The summed E-state index contributed by atoms with van der Waals surface area (Å²) in [5, 5.41) is 22.6. The summed E-state index contributed by atoms with van der Waals surface area (Å²) in [6.07, 6.45) is 0. The number of aromatic amines is 1. The Balaban J connectivity index is 1.83. The van der Waals surface area contributed by atoms with E-state index in [-0.39, 0.29) is 11.4 Å². The monoisotopic (exact) mass is 372 g/mol. The molecule has 1 aromatic heterocycles. The second kappa shape index (κ2) is 7.11. The minimum Gasteiger partial charge on any atom is -0.616 e. The molecule has 2 atom stereocenters. The van der Waals surface area contributed by atoms with E-state index in [4.69, 9.17) is 0 Å². The Labute approximate surface area is 154 Å². The van der Waals surface area contributed by atoms with Crippen molar-refractivity contribution in [2.45, 2.75) is 25.2 Å². The van der Waals surface area contributed by atoms with Crippen molar-refractivity contribution < 1.29 is 14.6 Å². The van der Waals surface area contributed by atoms with Crippen LogP contribution in [0.4, 0.5) is 5.69 Å². The van der Waals surface area contributed by atoms with Gasteiger partial charge in [-0.15, -0.1) is 0 Å². The number of fused-ring (bicyclic) bond motifs is 1. The molecule has 0 amide bonds. The van der Waals surface area contributed by atoms with Gasteiger partial charge in [0.15, 0.2) is 0 Å². The number of nitrogens with one attached hydrogen (secondary N) is 1. The molecule has 3 aromatic rings. The fourth-order valence-corrected chi connectivity index (χ4v) is 4.41. The number of aryl methyl sites for hydroxylation is 1. The van der Waals surface area contributed by atoms with Gasteiger partial charge in [0.2, 0.25) is 0 Å². The first-order valence-corrected chi connectivity index (χ1v) is 9.64. The molecule has 0 spiro atoms. The number of nitrogens with zero attached hydrogens (tertiary/aromatic N) is 1. The van der Waals surface area contributed by atoms with Gasteiger partial charge in [0, 0.05) is 28.1 Å². The van der Waals surface area contributed by atoms with Gasteiger partial charge in [0.05, 0.1) is 10.6 Å². The van der Waals surface area contributed by atoms with Crippen LogP contribution in [-0.2, 0) is 22.5 Å². The number of nitro groups is 1. The molecule has 0 aliphatic heterocycles. The molecule has 26 heavy (non-hydrogen) atoms. The van der Waals surface area contributed by atoms with E-state index in [1.54, 1.807) is 26.0 Å². The molecule has 0 aliphatic carbocycles. The summed E-state index contributed by atoms with van der Waals surface area (Å²) < 4.78 is 12.5. The highest BCUT2D eigenvalue weighted by Crippen LogP contribution is 2.30. The average Bonchev–Trinajstić information content (AvgIpc) is 2.98. The lowest BCUT2D eigenvalue weighted by molar-refractivity contribution is -0.385. The summed E-state index contributed by atoms with van der Waals surface area (Å²) in [5.74, 6) is 0.428. The molecule has 3 rings (SSSR count). The smallest absolute Gasteiger partial charge is 0.273 e. The summed E-state index contributed by atoms with van der Waals surface area (Å²) in [6.45, 7) is 3.27. The highest BCUT2D eigenvalue weighted by Gasteiger charge is 2.31. The van der Waals surface area contributed by atoms with E-state index in [0.29, 0.717) is 27.9 Å². The second-order valence-electron chi connectivity index (χ2n) is 6.65. The summed E-state index contributed by atoms with van der Waals surface area (Å²) in [5.41, 5.74) is 1.40. The average molecular weight is 372 g/mol. The number of benzene rings is 2. The number of nitro benzene ring substituents is 1. The zero-order chi connectivity index (χ0) is 18.9. The number of aromatic nitrogens is 1.